The molecule has 0 unspecified atom stereocenters. The molecule has 2 aliphatic rings. The molecule has 0 aromatic heterocycles. The molecule has 0 bridgehead atoms. The van der Waals surface area contributed by atoms with Crippen LogP contribution in [0, 0.1) is 17.8 Å². The maximum absolute atomic E-state index is 11.1. The fourth-order valence-corrected chi connectivity index (χ4v) is 2.93. The van der Waals surface area contributed by atoms with E-state index < -0.39 is 5.97 Å². The van der Waals surface area contributed by atoms with Crippen molar-refractivity contribution in [1.82, 2.24) is 0 Å². The van der Waals surface area contributed by atoms with E-state index in [9.17, 15) is 4.79 Å². The van der Waals surface area contributed by atoms with Crippen molar-refractivity contribution in [1.29, 1.82) is 0 Å². The van der Waals surface area contributed by atoms with Crippen molar-refractivity contribution in [3.8, 4) is 0 Å². The summed E-state index contributed by atoms with van der Waals surface area (Å²) < 4.78 is 0. The first kappa shape index (κ1) is 12.2. The molecule has 0 fully saturated rings. The van der Waals surface area contributed by atoms with Gasteiger partial charge in [0.05, 0.1) is 0 Å². The molecule has 0 saturated carbocycles. The molecule has 2 aliphatic carbocycles. The lowest BCUT2D eigenvalue weighted by Gasteiger charge is -2.36. The number of hydrogen-bond acceptors (Lipinski definition) is 1. The lowest BCUT2D eigenvalue weighted by Crippen LogP contribution is -2.26. The standard InChI is InChI=1S/C15H20O2/c1-9(2)12-6-4-10(3)13-7-5-11(15(16)17)8-14(12)13/h4,7-9,12,14H,5-6H2,1-3H3,(H,16,17)/t12-,14-/m1/s1. The lowest BCUT2D eigenvalue weighted by molar-refractivity contribution is -0.132. The molecule has 92 valence electrons. The van der Waals surface area contributed by atoms with Gasteiger partial charge in [0.2, 0.25) is 0 Å². The first-order valence-electron chi connectivity index (χ1n) is 6.32. The Morgan fingerprint density at radius 2 is 2.12 bits per heavy atom. The van der Waals surface area contributed by atoms with E-state index in [0.717, 1.165) is 6.42 Å². The fraction of sp³-hybridized carbons (Fsp3) is 0.533. The average Bonchev–Trinajstić information content (AvgIpc) is 2.28. The number of carbonyl (C=O) groups is 1. The van der Waals surface area contributed by atoms with Gasteiger partial charge in [0.1, 0.15) is 0 Å². The van der Waals surface area contributed by atoms with Gasteiger partial charge in [-0.25, -0.2) is 4.79 Å². The highest BCUT2D eigenvalue weighted by molar-refractivity contribution is 5.87. The van der Waals surface area contributed by atoms with Gasteiger partial charge in [0.25, 0.3) is 0 Å². The van der Waals surface area contributed by atoms with Crippen LogP contribution in [0.5, 0.6) is 0 Å². The lowest BCUT2D eigenvalue weighted by atomic mass is 9.69. The van der Waals surface area contributed by atoms with Crippen molar-refractivity contribution in [3.05, 3.63) is 34.9 Å². The van der Waals surface area contributed by atoms with E-state index in [0.29, 0.717) is 29.7 Å². The highest BCUT2D eigenvalue weighted by atomic mass is 16.4. The van der Waals surface area contributed by atoms with Gasteiger partial charge >= 0.3 is 5.97 Å². The monoisotopic (exact) mass is 232 g/mol. The molecular formula is C15H20O2. The maximum Gasteiger partial charge on any atom is 0.331 e. The molecule has 0 saturated heterocycles. The third-order valence-corrected chi connectivity index (χ3v) is 4.03. The van der Waals surface area contributed by atoms with Gasteiger partial charge in [-0.2, -0.15) is 0 Å². The van der Waals surface area contributed by atoms with Crippen molar-refractivity contribution in [2.75, 3.05) is 0 Å². The summed E-state index contributed by atoms with van der Waals surface area (Å²) in [6.07, 6.45) is 8.02. The first-order valence-corrected chi connectivity index (χ1v) is 6.32. The maximum atomic E-state index is 11.1. The Bertz CT molecular complexity index is 424. The Morgan fingerprint density at radius 3 is 2.71 bits per heavy atom. The third kappa shape index (κ3) is 2.21. The van der Waals surface area contributed by atoms with Gasteiger partial charge < -0.3 is 5.11 Å². The number of fused-ring (bicyclic) bond motifs is 1. The van der Waals surface area contributed by atoms with E-state index in [4.69, 9.17) is 5.11 Å². The molecular weight excluding hydrogens is 212 g/mol. The highest BCUT2D eigenvalue weighted by Crippen LogP contribution is 2.42. The van der Waals surface area contributed by atoms with E-state index in [2.05, 4.69) is 32.9 Å². The van der Waals surface area contributed by atoms with Gasteiger partial charge in [-0.15, -0.1) is 0 Å². The van der Waals surface area contributed by atoms with Gasteiger partial charge in [0.15, 0.2) is 0 Å². The molecule has 0 spiro atoms. The molecule has 2 heteroatoms. The van der Waals surface area contributed by atoms with Crippen LogP contribution in [0.1, 0.15) is 33.6 Å². The van der Waals surface area contributed by atoms with E-state index in [1.807, 2.05) is 6.08 Å². The quantitative estimate of drug-likeness (QED) is 0.790. The Hall–Kier alpha value is -1.31. The summed E-state index contributed by atoms with van der Waals surface area (Å²) in [4.78, 5) is 11.1. The minimum absolute atomic E-state index is 0.305. The first-order chi connectivity index (χ1) is 8.00. The molecule has 2 atom stereocenters. The van der Waals surface area contributed by atoms with Crippen LogP contribution in [0.25, 0.3) is 0 Å². The van der Waals surface area contributed by atoms with Gasteiger partial charge in [-0.1, -0.05) is 37.6 Å². The van der Waals surface area contributed by atoms with Crippen LogP contribution in [-0.4, -0.2) is 11.1 Å². The summed E-state index contributed by atoms with van der Waals surface area (Å²) in [6.45, 7) is 6.58. The van der Waals surface area contributed by atoms with Crippen LogP contribution in [0.2, 0.25) is 0 Å². The second-order valence-corrected chi connectivity index (χ2v) is 5.42. The largest absolute Gasteiger partial charge is 0.478 e. The van der Waals surface area contributed by atoms with Crippen molar-refractivity contribution in [2.24, 2.45) is 17.8 Å². The number of carboxylic acids is 1. The van der Waals surface area contributed by atoms with E-state index in [-0.39, 0.29) is 0 Å². The number of hydrogen-bond donors (Lipinski definition) is 1. The smallest absolute Gasteiger partial charge is 0.331 e. The molecule has 0 radical (unpaired) electrons. The van der Waals surface area contributed by atoms with Crippen LogP contribution >= 0.6 is 0 Å². The predicted molar refractivity (Wildman–Crippen MR) is 68.6 cm³/mol. The normalized spacial score (nSPS) is 28.1. The summed E-state index contributed by atoms with van der Waals surface area (Å²) in [5.74, 6) is 0.659. The minimum atomic E-state index is -0.769. The van der Waals surface area contributed by atoms with Crippen LogP contribution in [0.15, 0.2) is 34.9 Å². The second-order valence-electron chi connectivity index (χ2n) is 5.42. The molecule has 17 heavy (non-hydrogen) atoms. The van der Waals surface area contributed by atoms with E-state index >= 15 is 0 Å². The number of aliphatic carboxylic acids is 1. The molecule has 0 aromatic carbocycles. The number of allylic oxidation sites excluding steroid dienone is 5. The van der Waals surface area contributed by atoms with Crippen LogP contribution < -0.4 is 0 Å². The van der Waals surface area contributed by atoms with Crippen LogP contribution in [-0.2, 0) is 4.79 Å². The second kappa shape index (κ2) is 4.52. The summed E-state index contributed by atoms with van der Waals surface area (Å²) in [7, 11) is 0. The van der Waals surface area contributed by atoms with Crippen LogP contribution in [0.3, 0.4) is 0 Å². The highest BCUT2D eigenvalue weighted by Gasteiger charge is 2.32. The Labute approximate surface area is 103 Å². The van der Waals surface area contributed by atoms with Crippen molar-refractivity contribution >= 4 is 5.97 Å². The summed E-state index contributed by atoms with van der Waals surface area (Å²) in [5.41, 5.74) is 3.23. The summed E-state index contributed by atoms with van der Waals surface area (Å²) in [6, 6.07) is 0. The molecule has 0 heterocycles. The molecule has 2 nitrogen and oxygen atoms in total. The summed E-state index contributed by atoms with van der Waals surface area (Å²) >= 11 is 0. The molecule has 0 aliphatic heterocycles. The predicted octanol–water partition coefficient (Wildman–Crippen LogP) is 3.57. The SMILES string of the molecule is CC1=CC[C@H](C(C)C)[C@H]2C=C(C(=O)O)CC=C12. The van der Waals surface area contributed by atoms with Gasteiger partial charge in [0, 0.05) is 11.5 Å². The van der Waals surface area contributed by atoms with Crippen molar-refractivity contribution in [3.63, 3.8) is 0 Å². The third-order valence-electron chi connectivity index (χ3n) is 4.03. The Balaban J connectivity index is 2.36. The van der Waals surface area contributed by atoms with Crippen molar-refractivity contribution in [2.45, 2.75) is 33.6 Å². The molecule has 0 amide bonds. The zero-order valence-electron chi connectivity index (χ0n) is 10.7. The Kier molecular flexibility index (Phi) is 3.23. The number of rotatable bonds is 2. The average molecular weight is 232 g/mol. The minimum Gasteiger partial charge on any atom is -0.478 e. The molecule has 1 N–H and O–H groups in total. The topological polar surface area (TPSA) is 37.3 Å². The number of carboxylic acid groups (broad SMARTS) is 1. The fourth-order valence-electron chi connectivity index (χ4n) is 2.93. The van der Waals surface area contributed by atoms with Crippen LogP contribution in [0.4, 0.5) is 0 Å². The Morgan fingerprint density at radius 1 is 1.41 bits per heavy atom. The van der Waals surface area contributed by atoms with E-state index in [1.165, 1.54) is 11.1 Å². The van der Waals surface area contributed by atoms with Crippen molar-refractivity contribution < 1.29 is 9.90 Å². The summed E-state index contributed by atoms with van der Waals surface area (Å²) in [5, 5.41) is 9.11. The van der Waals surface area contributed by atoms with Gasteiger partial charge in [-0.05, 0) is 37.2 Å². The van der Waals surface area contributed by atoms with Gasteiger partial charge in [-0.3, -0.25) is 0 Å². The zero-order valence-corrected chi connectivity index (χ0v) is 10.7. The van der Waals surface area contributed by atoms with E-state index in [1.54, 1.807) is 0 Å². The molecule has 0 aromatic rings. The molecule has 2 rings (SSSR count). The zero-order chi connectivity index (χ0) is 12.6.